The van der Waals surface area contributed by atoms with E-state index < -0.39 is 0 Å². The van der Waals surface area contributed by atoms with Crippen molar-refractivity contribution in [3.63, 3.8) is 0 Å². The first-order chi connectivity index (χ1) is 11.7. The zero-order valence-corrected chi connectivity index (χ0v) is 15.4. The van der Waals surface area contributed by atoms with Crippen LogP contribution < -0.4 is 5.32 Å². The van der Waals surface area contributed by atoms with Gasteiger partial charge >= 0.3 is 0 Å². The average Bonchev–Trinajstić information content (AvgIpc) is 2.61. The van der Waals surface area contributed by atoms with E-state index in [-0.39, 0.29) is 24.3 Å². The van der Waals surface area contributed by atoms with Gasteiger partial charge in [-0.25, -0.2) is 4.39 Å². The van der Waals surface area contributed by atoms with E-state index in [2.05, 4.69) is 41.4 Å². The highest BCUT2D eigenvalue weighted by Gasteiger charge is 2.22. The molecule has 0 radical (unpaired) electrons. The lowest BCUT2D eigenvalue weighted by atomic mass is 10.0. The summed E-state index contributed by atoms with van der Waals surface area (Å²) >= 11 is 0. The van der Waals surface area contributed by atoms with Gasteiger partial charge in [0.2, 0.25) is 0 Å². The van der Waals surface area contributed by atoms with Crippen LogP contribution in [0.5, 0.6) is 0 Å². The Labute approximate surface area is 155 Å². The molecular formula is C20H26ClFN2O. The van der Waals surface area contributed by atoms with Crippen molar-refractivity contribution in [3.05, 3.63) is 71.0 Å². The molecule has 0 aromatic heterocycles. The Morgan fingerprint density at radius 2 is 1.88 bits per heavy atom. The smallest absolute Gasteiger partial charge is 0.123 e. The van der Waals surface area contributed by atoms with Crippen molar-refractivity contribution in [2.45, 2.75) is 19.5 Å². The van der Waals surface area contributed by atoms with Crippen molar-refractivity contribution >= 4 is 12.4 Å². The zero-order valence-electron chi connectivity index (χ0n) is 14.6. The van der Waals surface area contributed by atoms with Gasteiger partial charge in [0.15, 0.2) is 0 Å². The molecule has 5 heteroatoms. The molecule has 0 bridgehead atoms. The van der Waals surface area contributed by atoms with Crippen LogP contribution in [0, 0.1) is 12.7 Å². The fourth-order valence-electron chi connectivity index (χ4n) is 3.21. The van der Waals surface area contributed by atoms with Gasteiger partial charge in [0.25, 0.3) is 0 Å². The first-order valence-electron chi connectivity index (χ1n) is 8.56. The van der Waals surface area contributed by atoms with E-state index in [1.165, 1.54) is 17.2 Å². The SMILES string of the molecule is Cc1ccccc1CNCC(c1cccc(F)c1)N1CCOCC1.Cl. The van der Waals surface area contributed by atoms with Crippen LogP contribution in [0.2, 0.25) is 0 Å². The highest BCUT2D eigenvalue weighted by molar-refractivity contribution is 5.85. The van der Waals surface area contributed by atoms with E-state index >= 15 is 0 Å². The van der Waals surface area contributed by atoms with Crippen molar-refractivity contribution in [1.29, 1.82) is 0 Å². The minimum atomic E-state index is -0.176. The Bertz CT molecular complexity index is 662. The van der Waals surface area contributed by atoms with Crippen LogP contribution in [-0.4, -0.2) is 37.7 Å². The topological polar surface area (TPSA) is 24.5 Å². The molecule has 0 spiro atoms. The lowest BCUT2D eigenvalue weighted by Crippen LogP contribution is -2.42. The summed E-state index contributed by atoms with van der Waals surface area (Å²) in [5.74, 6) is -0.176. The van der Waals surface area contributed by atoms with Gasteiger partial charge in [0.1, 0.15) is 5.82 Å². The highest BCUT2D eigenvalue weighted by atomic mass is 35.5. The van der Waals surface area contributed by atoms with Crippen molar-refractivity contribution in [3.8, 4) is 0 Å². The molecular weight excluding hydrogens is 339 g/mol. The fourth-order valence-corrected chi connectivity index (χ4v) is 3.21. The molecule has 0 amide bonds. The number of hydrogen-bond donors (Lipinski definition) is 1. The molecule has 1 saturated heterocycles. The largest absolute Gasteiger partial charge is 0.379 e. The van der Waals surface area contributed by atoms with Gasteiger partial charge in [-0.2, -0.15) is 0 Å². The summed E-state index contributed by atoms with van der Waals surface area (Å²) in [6.45, 7) is 6.98. The predicted molar refractivity (Wildman–Crippen MR) is 102 cm³/mol. The molecule has 1 aliphatic rings. The van der Waals surface area contributed by atoms with Gasteiger partial charge in [0, 0.05) is 32.2 Å². The lowest BCUT2D eigenvalue weighted by molar-refractivity contribution is 0.0160. The number of halogens is 2. The standard InChI is InChI=1S/C20H25FN2O.ClH/c1-16-5-2-3-6-18(16)14-22-15-20(23-9-11-24-12-10-23)17-7-4-8-19(21)13-17;/h2-8,13,20,22H,9-12,14-15H2,1H3;1H. The summed E-state index contributed by atoms with van der Waals surface area (Å²) in [7, 11) is 0. The van der Waals surface area contributed by atoms with Crippen LogP contribution >= 0.6 is 12.4 Å². The van der Waals surface area contributed by atoms with Gasteiger partial charge in [-0.05, 0) is 35.7 Å². The second-order valence-electron chi connectivity index (χ2n) is 6.28. The van der Waals surface area contributed by atoms with Crippen molar-refractivity contribution in [1.82, 2.24) is 10.2 Å². The molecule has 1 aliphatic heterocycles. The molecule has 3 rings (SSSR count). The Morgan fingerprint density at radius 1 is 1.12 bits per heavy atom. The second kappa shape index (κ2) is 9.88. The molecule has 3 nitrogen and oxygen atoms in total. The molecule has 25 heavy (non-hydrogen) atoms. The van der Waals surface area contributed by atoms with Crippen LogP contribution in [0.1, 0.15) is 22.7 Å². The van der Waals surface area contributed by atoms with E-state index in [9.17, 15) is 4.39 Å². The fraction of sp³-hybridized carbons (Fsp3) is 0.400. The number of hydrogen-bond acceptors (Lipinski definition) is 3. The van der Waals surface area contributed by atoms with E-state index in [1.54, 1.807) is 12.1 Å². The minimum Gasteiger partial charge on any atom is -0.379 e. The number of nitrogens with one attached hydrogen (secondary N) is 1. The number of aryl methyl sites for hydroxylation is 1. The first-order valence-corrected chi connectivity index (χ1v) is 8.56. The number of ether oxygens (including phenoxy) is 1. The van der Waals surface area contributed by atoms with Crippen LogP contribution in [0.15, 0.2) is 48.5 Å². The zero-order chi connectivity index (χ0) is 16.8. The molecule has 0 aliphatic carbocycles. The maximum Gasteiger partial charge on any atom is 0.123 e. The Kier molecular flexibility index (Phi) is 7.85. The minimum absolute atomic E-state index is 0. The van der Waals surface area contributed by atoms with Gasteiger partial charge in [-0.1, -0.05) is 36.4 Å². The molecule has 1 heterocycles. The number of benzene rings is 2. The number of morpholine rings is 1. The predicted octanol–water partition coefficient (Wildman–Crippen LogP) is 3.72. The molecule has 1 unspecified atom stereocenters. The summed E-state index contributed by atoms with van der Waals surface area (Å²) in [4.78, 5) is 2.38. The average molecular weight is 365 g/mol. The monoisotopic (exact) mass is 364 g/mol. The Morgan fingerprint density at radius 3 is 2.60 bits per heavy atom. The summed E-state index contributed by atoms with van der Waals surface area (Å²) in [6, 6.07) is 15.5. The number of rotatable bonds is 6. The maximum absolute atomic E-state index is 13.7. The van der Waals surface area contributed by atoms with Gasteiger partial charge in [0.05, 0.1) is 13.2 Å². The number of nitrogens with zero attached hydrogens (tertiary/aromatic N) is 1. The molecule has 2 aromatic rings. The molecule has 2 aromatic carbocycles. The third-order valence-corrected chi connectivity index (χ3v) is 4.63. The summed E-state index contributed by atoms with van der Waals surface area (Å²) in [5.41, 5.74) is 3.62. The third-order valence-electron chi connectivity index (χ3n) is 4.63. The third kappa shape index (κ3) is 5.51. The van der Waals surface area contributed by atoms with E-state index in [1.807, 2.05) is 6.07 Å². The van der Waals surface area contributed by atoms with Crippen LogP contribution in [-0.2, 0) is 11.3 Å². The molecule has 1 fully saturated rings. The van der Waals surface area contributed by atoms with E-state index in [0.717, 1.165) is 45.0 Å². The van der Waals surface area contributed by atoms with Gasteiger partial charge in [-0.3, -0.25) is 4.90 Å². The molecule has 0 saturated carbocycles. The molecule has 136 valence electrons. The van der Waals surface area contributed by atoms with Gasteiger partial charge < -0.3 is 10.1 Å². The molecule has 1 atom stereocenters. The summed E-state index contributed by atoms with van der Waals surface area (Å²) in [5, 5.41) is 3.55. The van der Waals surface area contributed by atoms with Gasteiger partial charge in [-0.15, -0.1) is 12.4 Å². The maximum atomic E-state index is 13.7. The van der Waals surface area contributed by atoms with Crippen LogP contribution in [0.4, 0.5) is 4.39 Å². The normalized spacial score (nSPS) is 16.2. The summed E-state index contributed by atoms with van der Waals surface area (Å²) < 4.78 is 19.1. The van der Waals surface area contributed by atoms with Crippen LogP contribution in [0.3, 0.4) is 0 Å². The van der Waals surface area contributed by atoms with Crippen LogP contribution in [0.25, 0.3) is 0 Å². The Balaban J connectivity index is 0.00000225. The molecule has 1 N–H and O–H groups in total. The van der Waals surface area contributed by atoms with Crippen molar-refractivity contribution in [2.75, 3.05) is 32.8 Å². The van der Waals surface area contributed by atoms with E-state index in [4.69, 9.17) is 4.74 Å². The second-order valence-corrected chi connectivity index (χ2v) is 6.28. The highest BCUT2D eigenvalue weighted by Crippen LogP contribution is 2.22. The quantitative estimate of drug-likeness (QED) is 0.845. The first kappa shape index (κ1) is 19.9. The van der Waals surface area contributed by atoms with Crippen molar-refractivity contribution < 1.29 is 9.13 Å². The Hall–Kier alpha value is -1.46. The summed E-state index contributed by atoms with van der Waals surface area (Å²) in [6.07, 6.45) is 0. The van der Waals surface area contributed by atoms with Crippen molar-refractivity contribution in [2.24, 2.45) is 0 Å². The lowest BCUT2D eigenvalue weighted by Gasteiger charge is -2.35. The van der Waals surface area contributed by atoms with E-state index in [0.29, 0.717) is 0 Å².